The predicted molar refractivity (Wildman–Crippen MR) is 72.9 cm³/mol. The highest BCUT2D eigenvalue weighted by Gasteiger charge is 2.22. The Bertz CT molecular complexity index is 583. The highest BCUT2D eigenvalue weighted by Crippen LogP contribution is 2.32. The van der Waals surface area contributed by atoms with Gasteiger partial charge in [0.1, 0.15) is 0 Å². The molecule has 3 nitrogen and oxygen atoms in total. The molecule has 1 unspecified atom stereocenters. The lowest BCUT2D eigenvalue weighted by molar-refractivity contribution is 0.560. The molecule has 0 saturated carbocycles. The van der Waals surface area contributed by atoms with Crippen LogP contribution in [0.25, 0.3) is 5.69 Å². The SMILES string of the molecule is Cc1cc(-n2c(C)cc3c2CCCC3N)ccn1. The van der Waals surface area contributed by atoms with E-state index < -0.39 is 0 Å². The van der Waals surface area contributed by atoms with Gasteiger partial charge in [0.05, 0.1) is 0 Å². The molecule has 1 aliphatic rings. The molecule has 0 aliphatic heterocycles. The molecule has 0 saturated heterocycles. The summed E-state index contributed by atoms with van der Waals surface area (Å²) in [6.45, 7) is 4.18. The van der Waals surface area contributed by atoms with Crippen molar-refractivity contribution in [2.24, 2.45) is 5.73 Å². The summed E-state index contributed by atoms with van der Waals surface area (Å²) in [7, 11) is 0. The maximum absolute atomic E-state index is 6.21. The maximum atomic E-state index is 6.21. The van der Waals surface area contributed by atoms with Crippen LogP contribution >= 0.6 is 0 Å². The summed E-state index contributed by atoms with van der Waals surface area (Å²) in [5.41, 5.74) is 12.4. The van der Waals surface area contributed by atoms with Crippen LogP contribution in [-0.2, 0) is 6.42 Å². The standard InChI is InChI=1S/C15H19N3/c1-10-8-12(6-7-17-10)18-11(2)9-13-14(16)4-3-5-15(13)18/h6-9,14H,3-5,16H2,1-2H3. The van der Waals surface area contributed by atoms with Gasteiger partial charge in [0.2, 0.25) is 0 Å². The van der Waals surface area contributed by atoms with Crippen molar-refractivity contribution in [1.82, 2.24) is 9.55 Å². The van der Waals surface area contributed by atoms with Crippen molar-refractivity contribution in [3.63, 3.8) is 0 Å². The van der Waals surface area contributed by atoms with Gasteiger partial charge in [-0.15, -0.1) is 0 Å². The van der Waals surface area contributed by atoms with Gasteiger partial charge in [0, 0.05) is 35.0 Å². The Morgan fingerprint density at radius 2 is 2.17 bits per heavy atom. The van der Waals surface area contributed by atoms with Crippen molar-refractivity contribution in [1.29, 1.82) is 0 Å². The Morgan fingerprint density at radius 1 is 1.33 bits per heavy atom. The normalized spacial score (nSPS) is 18.7. The van der Waals surface area contributed by atoms with Gasteiger partial charge in [-0.3, -0.25) is 4.98 Å². The lowest BCUT2D eigenvalue weighted by atomic mass is 9.93. The summed E-state index contributed by atoms with van der Waals surface area (Å²) in [5.74, 6) is 0. The fourth-order valence-corrected chi connectivity index (χ4v) is 2.97. The van der Waals surface area contributed by atoms with Gasteiger partial charge in [0.25, 0.3) is 0 Å². The average Bonchev–Trinajstić information content (AvgIpc) is 2.67. The average molecular weight is 241 g/mol. The Kier molecular flexibility index (Phi) is 2.71. The summed E-state index contributed by atoms with van der Waals surface area (Å²) in [5, 5.41) is 0. The molecule has 0 bridgehead atoms. The van der Waals surface area contributed by atoms with Crippen molar-refractivity contribution < 1.29 is 0 Å². The topological polar surface area (TPSA) is 43.8 Å². The van der Waals surface area contributed by atoms with E-state index in [4.69, 9.17) is 5.73 Å². The minimum Gasteiger partial charge on any atom is -0.324 e. The van der Waals surface area contributed by atoms with Crippen molar-refractivity contribution in [2.45, 2.75) is 39.2 Å². The van der Waals surface area contributed by atoms with E-state index in [1.807, 2.05) is 13.1 Å². The molecule has 2 heterocycles. The number of rotatable bonds is 1. The Balaban J connectivity index is 2.18. The molecule has 94 valence electrons. The van der Waals surface area contributed by atoms with Crippen LogP contribution in [0, 0.1) is 13.8 Å². The summed E-state index contributed by atoms with van der Waals surface area (Å²) in [4.78, 5) is 4.27. The van der Waals surface area contributed by atoms with Crippen LogP contribution in [0.3, 0.4) is 0 Å². The largest absolute Gasteiger partial charge is 0.324 e. The summed E-state index contributed by atoms with van der Waals surface area (Å²) < 4.78 is 2.34. The molecule has 3 rings (SSSR count). The molecule has 2 N–H and O–H groups in total. The van der Waals surface area contributed by atoms with Gasteiger partial charge >= 0.3 is 0 Å². The first-order valence-corrected chi connectivity index (χ1v) is 6.56. The van der Waals surface area contributed by atoms with Crippen LogP contribution in [0.2, 0.25) is 0 Å². The van der Waals surface area contributed by atoms with Crippen LogP contribution in [0.1, 0.15) is 41.5 Å². The third-order valence-electron chi connectivity index (χ3n) is 3.79. The number of aromatic nitrogens is 2. The van der Waals surface area contributed by atoms with Gasteiger partial charge in [-0.25, -0.2) is 0 Å². The molecule has 2 aromatic rings. The number of aryl methyl sites for hydroxylation is 2. The molecule has 0 amide bonds. The summed E-state index contributed by atoms with van der Waals surface area (Å²) in [6, 6.07) is 6.65. The fraction of sp³-hybridized carbons (Fsp3) is 0.400. The Morgan fingerprint density at radius 3 is 2.94 bits per heavy atom. The van der Waals surface area contributed by atoms with Gasteiger partial charge in [-0.1, -0.05) is 0 Å². The van der Waals surface area contributed by atoms with E-state index in [0.717, 1.165) is 18.5 Å². The molecule has 0 aromatic carbocycles. The number of hydrogen-bond donors (Lipinski definition) is 1. The first-order chi connectivity index (χ1) is 8.66. The second-order valence-corrected chi connectivity index (χ2v) is 5.18. The maximum Gasteiger partial charge on any atom is 0.0488 e. The van der Waals surface area contributed by atoms with Crippen LogP contribution in [-0.4, -0.2) is 9.55 Å². The first kappa shape index (κ1) is 11.5. The molecule has 3 heteroatoms. The van der Waals surface area contributed by atoms with Gasteiger partial charge in [0.15, 0.2) is 0 Å². The second kappa shape index (κ2) is 4.25. The third kappa shape index (κ3) is 1.75. The fourth-order valence-electron chi connectivity index (χ4n) is 2.97. The number of pyridine rings is 1. The van der Waals surface area contributed by atoms with E-state index >= 15 is 0 Å². The molecule has 0 spiro atoms. The quantitative estimate of drug-likeness (QED) is 0.834. The van der Waals surface area contributed by atoms with E-state index in [2.05, 4.69) is 34.7 Å². The Labute approximate surface area is 108 Å². The molecular formula is C15H19N3. The highest BCUT2D eigenvalue weighted by atomic mass is 15.0. The minimum atomic E-state index is 0.205. The lowest BCUT2D eigenvalue weighted by Gasteiger charge is -2.21. The number of nitrogens with zero attached hydrogens (tertiary/aromatic N) is 2. The van der Waals surface area contributed by atoms with Gasteiger partial charge < -0.3 is 10.3 Å². The molecule has 1 atom stereocenters. The van der Waals surface area contributed by atoms with Crippen LogP contribution in [0.5, 0.6) is 0 Å². The molecule has 0 radical (unpaired) electrons. The predicted octanol–water partition coefficient (Wildman–Crippen LogP) is 2.83. The van der Waals surface area contributed by atoms with E-state index in [-0.39, 0.29) is 6.04 Å². The van der Waals surface area contributed by atoms with Crippen molar-refractivity contribution in [3.05, 3.63) is 47.0 Å². The minimum absolute atomic E-state index is 0.205. The van der Waals surface area contributed by atoms with Crippen LogP contribution in [0.15, 0.2) is 24.4 Å². The van der Waals surface area contributed by atoms with E-state index in [1.54, 1.807) is 0 Å². The molecule has 1 aliphatic carbocycles. The van der Waals surface area contributed by atoms with Crippen LogP contribution in [0.4, 0.5) is 0 Å². The number of hydrogen-bond acceptors (Lipinski definition) is 2. The number of fused-ring (bicyclic) bond motifs is 1. The molecule has 2 aromatic heterocycles. The summed E-state index contributed by atoms with van der Waals surface area (Å²) in [6.07, 6.45) is 5.28. The van der Waals surface area contributed by atoms with Crippen molar-refractivity contribution in [3.8, 4) is 5.69 Å². The highest BCUT2D eigenvalue weighted by molar-refractivity contribution is 5.43. The molecule has 18 heavy (non-hydrogen) atoms. The smallest absolute Gasteiger partial charge is 0.0488 e. The zero-order valence-electron chi connectivity index (χ0n) is 11.0. The monoisotopic (exact) mass is 241 g/mol. The molecular weight excluding hydrogens is 222 g/mol. The molecule has 0 fully saturated rings. The van der Waals surface area contributed by atoms with Crippen LogP contribution < -0.4 is 5.73 Å². The second-order valence-electron chi connectivity index (χ2n) is 5.18. The van der Waals surface area contributed by atoms with Gasteiger partial charge in [-0.05, 0) is 56.9 Å². The van der Waals surface area contributed by atoms with Gasteiger partial charge in [-0.2, -0.15) is 0 Å². The first-order valence-electron chi connectivity index (χ1n) is 6.56. The number of nitrogens with two attached hydrogens (primary N) is 1. The lowest BCUT2D eigenvalue weighted by Crippen LogP contribution is -2.18. The zero-order chi connectivity index (χ0) is 12.7. The van der Waals surface area contributed by atoms with E-state index in [0.29, 0.717) is 0 Å². The van der Waals surface area contributed by atoms with Crippen molar-refractivity contribution in [2.75, 3.05) is 0 Å². The van der Waals surface area contributed by atoms with E-state index in [9.17, 15) is 0 Å². The third-order valence-corrected chi connectivity index (χ3v) is 3.79. The van der Waals surface area contributed by atoms with Crippen molar-refractivity contribution >= 4 is 0 Å². The zero-order valence-corrected chi connectivity index (χ0v) is 11.0. The summed E-state index contributed by atoms with van der Waals surface area (Å²) >= 11 is 0. The Hall–Kier alpha value is -1.61. The van der Waals surface area contributed by atoms with E-state index in [1.165, 1.54) is 29.1 Å².